The van der Waals surface area contributed by atoms with Crippen LogP contribution in [0.1, 0.15) is 33.6 Å². The van der Waals surface area contributed by atoms with Gasteiger partial charge in [0, 0.05) is 25.0 Å². The molecule has 112 valence electrons. The van der Waals surface area contributed by atoms with E-state index >= 15 is 0 Å². The third-order valence-electron chi connectivity index (χ3n) is 3.38. The van der Waals surface area contributed by atoms with E-state index in [-0.39, 0.29) is 23.9 Å². The summed E-state index contributed by atoms with van der Waals surface area (Å²) in [4.78, 5) is 25.4. The highest BCUT2D eigenvalue weighted by Gasteiger charge is 2.26. The first-order valence-electron chi connectivity index (χ1n) is 7.09. The van der Waals surface area contributed by atoms with Gasteiger partial charge in [-0.2, -0.15) is 0 Å². The van der Waals surface area contributed by atoms with Crippen molar-refractivity contribution in [2.24, 2.45) is 11.3 Å². The monoisotopic (exact) mass is 279 g/mol. The molecule has 20 heavy (non-hydrogen) atoms. The van der Waals surface area contributed by atoms with Crippen LogP contribution in [0.2, 0.25) is 0 Å². The molecule has 1 fully saturated rings. The molecule has 1 heterocycles. The number of urea groups is 1. The minimum Gasteiger partial charge on any atom is -0.355 e. The van der Waals surface area contributed by atoms with Crippen molar-refractivity contribution in [3.8, 4) is 12.3 Å². The topological polar surface area (TPSA) is 61.4 Å². The van der Waals surface area contributed by atoms with Gasteiger partial charge in [-0.05, 0) is 18.8 Å². The summed E-state index contributed by atoms with van der Waals surface area (Å²) in [5.74, 6) is 2.75. The van der Waals surface area contributed by atoms with Crippen LogP contribution >= 0.6 is 0 Å². The maximum atomic E-state index is 11.8. The Morgan fingerprint density at radius 2 is 2.05 bits per heavy atom. The molecule has 0 saturated carbocycles. The van der Waals surface area contributed by atoms with Crippen LogP contribution in [0.4, 0.5) is 4.79 Å². The highest BCUT2D eigenvalue weighted by Crippen LogP contribution is 2.17. The van der Waals surface area contributed by atoms with Gasteiger partial charge in [0.05, 0.1) is 6.54 Å². The number of hydrogen-bond donors (Lipinski definition) is 2. The van der Waals surface area contributed by atoms with Crippen molar-refractivity contribution in [3.63, 3.8) is 0 Å². The quantitative estimate of drug-likeness (QED) is 0.763. The molecule has 0 aromatic heterocycles. The molecule has 1 aliphatic heterocycles. The summed E-state index contributed by atoms with van der Waals surface area (Å²) in [6.07, 6.45) is 7.11. The number of nitrogens with one attached hydrogen (secondary N) is 2. The fourth-order valence-electron chi connectivity index (χ4n) is 2.16. The highest BCUT2D eigenvalue weighted by atomic mass is 16.2. The fraction of sp³-hybridized carbons (Fsp3) is 0.733. The lowest BCUT2D eigenvalue weighted by atomic mass is 9.94. The molecule has 5 nitrogen and oxygen atoms in total. The molecule has 0 bridgehead atoms. The highest BCUT2D eigenvalue weighted by molar-refractivity contribution is 5.81. The van der Waals surface area contributed by atoms with Crippen LogP contribution in [0, 0.1) is 23.7 Å². The van der Waals surface area contributed by atoms with E-state index in [4.69, 9.17) is 6.42 Å². The Morgan fingerprint density at radius 3 is 2.65 bits per heavy atom. The number of hydrogen-bond acceptors (Lipinski definition) is 2. The fourth-order valence-corrected chi connectivity index (χ4v) is 2.16. The van der Waals surface area contributed by atoms with Gasteiger partial charge in [0.15, 0.2) is 0 Å². The molecule has 0 aromatic rings. The molecule has 1 saturated heterocycles. The third kappa shape index (κ3) is 5.12. The second-order valence-corrected chi connectivity index (χ2v) is 6.28. The van der Waals surface area contributed by atoms with Crippen LogP contribution in [0.25, 0.3) is 0 Å². The summed E-state index contributed by atoms with van der Waals surface area (Å²) in [5.41, 5.74) is -0.376. The van der Waals surface area contributed by atoms with E-state index in [1.807, 2.05) is 20.8 Å². The van der Waals surface area contributed by atoms with Crippen LogP contribution < -0.4 is 10.6 Å². The van der Waals surface area contributed by atoms with Gasteiger partial charge in [0.2, 0.25) is 5.91 Å². The lowest BCUT2D eigenvalue weighted by Crippen LogP contribution is -2.48. The first kappa shape index (κ1) is 16.4. The van der Waals surface area contributed by atoms with E-state index in [0.29, 0.717) is 19.0 Å². The molecule has 0 aromatic carbocycles. The van der Waals surface area contributed by atoms with Crippen LogP contribution in [-0.4, -0.2) is 43.0 Å². The number of carbonyl (C=O) groups is 2. The number of likely N-dealkylation sites (tertiary alicyclic amines) is 1. The van der Waals surface area contributed by atoms with E-state index in [2.05, 4.69) is 16.6 Å². The average Bonchev–Trinajstić information content (AvgIpc) is 2.41. The van der Waals surface area contributed by atoms with Gasteiger partial charge in [-0.15, -0.1) is 6.42 Å². The summed E-state index contributed by atoms with van der Waals surface area (Å²) in [5, 5.41) is 5.64. The van der Waals surface area contributed by atoms with Crippen molar-refractivity contribution < 1.29 is 9.59 Å². The van der Waals surface area contributed by atoms with Crippen molar-refractivity contribution >= 4 is 11.9 Å². The normalized spacial score (nSPS) is 19.1. The molecule has 1 rings (SSSR count). The molecule has 0 radical (unpaired) electrons. The van der Waals surface area contributed by atoms with Crippen molar-refractivity contribution in [1.29, 1.82) is 0 Å². The SMILES string of the molecule is C#CCNC(=O)N1CCC[C@H](CNC(=O)C(C)(C)C)C1. The van der Waals surface area contributed by atoms with Gasteiger partial charge >= 0.3 is 6.03 Å². The number of amides is 3. The summed E-state index contributed by atoms with van der Waals surface area (Å²) < 4.78 is 0. The van der Waals surface area contributed by atoms with E-state index in [9.17, 15) is 9.59 Å². The van der Waals surface area contributed by atoms with E-state index < -0.39 is 0 Å². The van der Waals surface area contributed by atoms with Gasteiger partial charge < -0.3 is 15.5 Å². The Labute approximate surface area is 121 Å². The van der Waals surface area contributed by atoms with Crippen LogP contribution in [0.5, 0.6) is 0 Å². The third-order valence-corrected chi connectivity index (χ3v) is 3.38. The standard InChI is InChI=1S/C15H25N3O2/c1-5-8-16-14(20)18-9-6-7-12(11-18)10-17-13(19)15(2,3)4/h1,12H,6-11H2,2-4H3,(H,16,20)(H,17,19)/t12-/m1/s1. The molecule has 0 spiro atoms. The lowest BCUT2D eigenvalue weighted by Gasteiger charge is -2.33. The van der Waals surface area contributed by atoms with Gasteiger partial charge in [-0.1, -0.05) is 26.7 Å². The zero-order valence-corrected chi connectivity index (χ0v) is 12.7. The van der Waals surface area contributed by atoms with Gasteiger partial charge in [0.25, 0.3) is 0 Å². The van der Waals surface area contributed by atoms with Crippen LogP contribution in [0.15, 0.2) is 0 Å². The molecule has 5 heteroatoms. The Hall–Kier alpha value is -1.70. The second-order valence-electron chi connectivity index (χ2n) is 6.28. The van der Waals surface area contributed by atoms with E-state index in [0.717, 1.165) is 19.4 Å². The first-order valence-corrected chi connectivity index (χ1v) is 7.09. The van der Waals surface area contributed by atoms with Gasteiger partial charge in [-0.3, -0.25) is 4.79 Å². The molecule has 2 N–H and O–H groups in total. The molecule has 0 unspecified atom stereocenters. The minimum atomic E-state index is -0.376. The Bertz CT molecular complexity index is 393. The molecule has 1 aliphatic rings. The summed E-state index contributed by atoms with van der Waals surface area (Å²) in [6, 6.07) is -0.116. The number of piperidine rings is 1. The second kappa shape index (κ2) is 7.18. The Morgan fingerprint density at radius 1 is 1.35 bits per heavy atom. The maximum Gasteiger partial charge on any atom is 0.318 e. The van der Waals surface area contributed by atoms with Gasteiger partial charge in [0.1, 0.15) is 0 Å². The zero-order valence-electron chi connectivity index (χ0n) is 12.7. The Kier molecular flexibility index (Phi) is 5.87. The smallest absolute Gasteiger partial charge is 0.318 e. The van der Waals surface area contributed by atoms with Crippen molar-refractivity contribution in [3.05, 3.63) is 0 Å². The maximum absolute atomic E-state index is 11.8. The minimum absolute atomic E-state index is 0.0476. The van der Waals surface area contributed by atoms with Crippen LogP contribution in [0.3, 0.4) is 0 Å². The molecule has 1 atom stereocenters. The largest absolute Gasteiger partial charge is 0.355 e. The Balaban J connectivity index is 2.40. The molecule has 3 amide bonds. The van der Waals surface area contributed by atoms with E-state index in [1.165, 1.54) is 0 Å². The van der Waals surface area contributed by atoms with Crippen LogP contribution in [-0.2, 0) is 4.79 Å². The number of rotatable bonds is 3. The summed E-state index contributed by atoms with van der Waals surface area (Å²) in [7, 11) is 0. The van der Waals surface area contributed by atoms with Crippen molar-refractivity contribution in [2.45, 2.75) is 33.6 Å². The van der Waals surface area contributed by atoms with E-state index in [1.54, 1.807) is 4.90 Å². The molecular weight excluding hydrogens is 254 g/mol. The first-order chi connectivity index (χ1) is 9.34. The summed E-state index contributed by atoms with van der Waals surface area (Å²) >= 11 is 0. The van der Waals surface area contributed by atoms with Crippen molar-refractivity contribution in [2.75, 3.05) is 26.2 Å². The lowest BCUT2D eigenvalue weighted by molar-refractivity contribution is -0.128. The number of nitrogens with zero attached hydrogens (tertiary/aromatic N) is 1. The number of carbonyl (C=O) groups excluding carboxylic acids is 2. The average molecular weight is 279 g/mol. The van der Waals surface area contributed by atoms with Crippen molar-refractivity contribution in [1.82, 2.24) is 15.5 Å². The summed E-state index contributed by atoms with van der Waals surface area (Å²) in [6.45, 7) is 7.96. The predicted molar refractivity (Wildman–Crippen MR) is 79.0 cm³/mol. The molecular formula is C15H25N3O2. The van der Waals surface area contributed by atoms with Gasteiger partial charge in [-0.25, -0.2) is 4.79 Å². The predicted octanol–water partition coefficient (Wildman–Crippen LogP) is 1.20. The number of terminal acetylenes is 1. The zero-order chi connectivity index (χ0) is 15.2. The molecule has 0 aliphatic carbocycles.